The third-order valence-electron chi connectivity index (χ3n) is 3.63. The Bertz CT molecular complexity index is 400. The van der Waals surface area contributed by atoms with Gasteiger partial charge in [-0.25, -0.2) is 0 Å². The first kappa shape index (κ1) is 13.7. The quantitative estimate of drug-likeness (QED) is 0.868. The van der Waals surface area contributed by atoms with E-state index in [-0.39, 0.29) is 0 Å². The Kier molecular flexibility index (Phi) is 4.90. The van der Waals surface area contributed by atoms with Gasteiger partial charge in [0, 0.05) is 12.6 Å². The lowest BCUT2D eigenvalue weighted by Gasteiger charge is -2.15. The fourth-order valence-corrected chi connectivity index (χ4v) is 2.78. The summed E-state index contributed by atoms with van der Waals surface area (Å²) in [5, 5.41) is 4.33. The average molecular weight is 268 g/mol. The van der Waals surface area contributed by atoms with Crippen molar-refractivity contribution >= 4 is 11.6 Å². The molecule has 0 saturated heterocycles. The number of hydrogen-bond donors (Lipinski definition) is 1. The minimum absolute atomic E-state index is 0.652. The van der Waals surface area contributed by atoms with Gasteiger partial charge in [-0.05, 0) is 49.9 Å². The first-order valence-corrected chi connectivity index (χ1v) is 7.23. The van der Waals surface area contributed by atoms with Crippen LogP contribution in [0.2, 0.25) is 5.02 Å². The van der Waals surface area contributed by atoms with Crippen molar-refractivity contribution < 1.29 is 4.74 Å². The molecule has 0 spiro atoms. The van der Waals surface area contributed by atoms with E-state index in [9.17, 15) is 0 Å². The Morgan fingerprint density at radius 2 is 2.06 bits per heavy atom. The first-order valence-electron chi connectivity index (χ1n) is 6.86. The highest BCUT2D eigenvalue weighted by molar-refractivity contribution is 6.32. The van der Waals surface area contributed by atoms with Crippen molar-refractivity contribution in [1.29, 1.82) is 0 Å². The van der Waals surface area contributed by atoms with Crippen LogP contribution >= 0.6 is 11.6 Å². The van der Waals surface area contributed by atoms with E-state index in [1.165, 1.54) is 36.8 Å². The van der Waals surface area contributed by atoms with Crippen LogP contribution in [0.25, 0.3) is 0 Å². The molecule has 0 bridgehead atoms. The van der Waals surface area contributed by atoms with Gasteiger partial charge in [-0.15, -0.1) is 0 Å². The Labute approximate surface area is 115 Å². The molecule has 1 aliphatic rings. The molecule has 1 aliphatic carbocycles. The summed E-state index contributed by atoms with van der Waals surface area (Å²) < 4.78 is 5.50. The molecule has 1 saturated carbocycles. The number of benzene rings is 1. The summed E-state index contributed by atoms with van der Waals surface area (Å²) >= 11 is 6.22. The maximum Gasteiger partial charge on any atom is 0.138 e. The smallest absolute Gasteiger partial charge is 0.138 e. The number of hydrogen-bond acceptors (Lipinski definition) is 2. The van der Waals surface area contributed by atoms with Crippen molar-refractivity contribution in [3.8, 4) is 5.75 Å². The fourth-order valence-electron chi connectivity index (χ4n) is 2.54. The van der Waals surface area contributed by atoms with E-state index in [1.54, 1.807) is 0 Å². The molecule has 2 rings (SSSR count). The molecule has 0 aromatic heterocycles. The number of nitrogens with one attached hydrogen (secondary N) is 1. The molecule has 1 fully saturated rings. The van der Waals surface area contributed by atoms with Gasteiger partial charge in [0.2, 0.25) is 0 Å². The van der Waals surface area contributed by atoms with Crippen molar-refractivity contribution in [2.45, 2.75) is 52.1 Å². The van der Waals surface area contributed by atoms with Gasteiger partial charge >= 0.3 is 0 Å². The van der Waals surface area contributed by atoms with Gasteiger partial charge in [-0.1, -0.05) is 24.4 Å². The number of halogens is 1. The maximum absolute atomic E-state index is 6.22. The van der Waals surface area contributed by atoms with E-state index in [1.807, 2.05) is 19.1 Å². The molecular formula is C15H22ClNO. The van der Waals surface area contributed by atoms with Gasteiger partial charge in [0.1, 0.15) is 5.75 Å². The van der Waals surface area contributed by atoms with Crippen LogP contribution in [-0.4, -0.2) is 12.6 Å². The van der Waals surface area contributed by atoms with Crippen molar-refractivity contribution in [1.82, 2.24) is 5.32 Å². The van der Waals surface area contributed by atoms with Crippen LogP contribution in [0.3, 0.4) is 0 Å². The zero-order chi connectivity index (χ0) is 13.0. The van der Waals surface area contributed by atoms with Crippen LogP contribution in [0.5, 0.6) is 5.75 Å². The van der Waals surface area contributed by atoms with Gasteiger partial charge in [0.05, 0.1) is 11.6 Å². The largest absolute Gasteiger partial charge is 0.492 e. The summed E-state index contributed by atoms with van der Waals surface area (Å²) in [6, 6.07) is 4.76. The van der Waals surface area contributed by atoms with E-state index < -0.39 is 0 Å². The van der Waals surface area contributed by atoms with E-state index in [4.69, 9.17) is 16.3 Å². The lowest BCUT2D eigenvalue weighted by atomic mass is 10.1. The molecule has 18 heavy (non-hydrogen) atoms. The predicted octanol–water partition coefficient (Wildman–Crippen LogP) is 4.08. The SMILES string of the molecule is CCOc1cc(C)c(CNC2CCCC2)cc1Cl. The maximum atomic E-state index is 6.22. The molecule has 0 atom stereocenters. The Morgan fingerprint density at radius 3 is 2.72 bits per heavy atom. The van der Waals surface area contributed by atoms with E-state index >= 15 is 0 Å². The Balaban J connectivity index is 2.01. The van der Waals surface area contributed by atoms with Crippen LogP contribution in [0.15, 0.2) is 12.1 Å². The average Bonchev–Trinajstić information content (AvgIpc) is 2.85. The topological polar surface area (TPSA) is 21.3 Å². The second-order valence-corrected chi connectivity index (χ2v) is 5.41. The molecular weight excluding hydrogens is 246 g/mol. The number of aryl methyl sites for hydroxylation is 1. The molecule has 0 amide bonds. The van der Waals surface area contributed by atoms with Gasteiger partial charge in [0.25, 0.3) is 0 Å². The van der Waals surface area contributed by atoms with Gasteiger partial charge in [-0.3, -0.25) is 0 Å². The van der Waals surface area contributed by atoms with E-state index in [0.717, 1.165) is 12.3 Å². The first-order chi connectivity index (χ1) is 8.70. The zero-order valence-corrected chi connectivity index (χ0v) is 12.0. The molecule has 1 N–H and O–H groups in total. The Morgan fingerprint density at radius 1 is 1.33 bits per heavy atom. The van der Waals surface area contributed by atoms with Crippen molar-refractivity contribution in [3.05, 3.63) is 28.3 Å². The Hall–Kier alpha value is -0.730. The highest BCUT2D eigenvalue weighted by Gasteiger charge is 2.14. The van der Waals surface area contributed by atoms with Gasteiger partial charge < -0.3 is 10.1 Å². The van der Waals surface area contributed by atoms with Crippen LogP contribution in [0, 0.1) is 6.92 Å². The highest BCUT2D eigenvalue weighted by atomic mass is 35.5. The molecule has 3 heteroatoms. The van der Waals surface area contributed by atoms with Crippen LogP contribution < -0.4 is 10.1 Å². The third-order valence-corrected chi connectivity index (χ3v) is 3.92. The summed E-state index contributed by atoms with van der Waals surface area (Å²) in [7, 11) is 0. The minimum Gasteiger partial charge on any atom is -0.492 e. The van der Waals surface area contributed by atoms with E-state index in [2.05, 4.69) is 12.2 Å². The van der Waals surface area contributed by atoms with Crippen molar-refractivity contribution in [2.24, 2.45) is 0 Å². The van der Waals surface area contributed by atoms with Gasteiger partial charge in [0.15, 0.2) is 0 Å². The molecule has 0 heterocycles. The molecule has 1 aromatic carbocycles. The lowest BCUT2D eigenvalue weighted by molar-refractivity contribution is 0.340. The molecule has 100 valence electrons. The molecule has 0 aliphatic heterocycles. The normalized spacial score (nSPS) is 16.2. The molecule has 0 radical (unpaired) electrons. The highest BCUT2D eigenvalue weighted by Crippen LogP contribution is 2.28. The summed E-state index contributed by atoms with van der Waals surface area (Å²) in [6.07, 6.45) is 5.34. The summed E-state index contributed by atoms with van der Waals surface area (Å²) in [6.45, 7) is 5.65. The molecule has 1 aromatic rings. The third kappa shape index (κ3) is 3.39. The molecule has 0 unspecified atom stereocenters. The van der Waals surface area contributed by atoms with E-state index in [0.29, 0.717) is 17.7 Å². The predicted molar refractivity (Wildman–Crippen MR) is 76.5 cm³/mol. The summed E-state index contributed by atoms with van der Waals surface area (Å²) in [5.74, 6) is 0.793. The standard InChI is InChI=1S/C15H22ClNO/c1-3-18-15-8-11(2)12(9-14(15)16)10-17-13-6-4-5-7-13/h8-9,13,17H,3-7,10H2,1-2H3. The lowest BCUT2D eigenvalue weighted by Crippen LogP contribution is -2.25. The van der Waals surface area contributed by atoms with Crippen LogP contribution in [0.1, 0.15) is 43.7 Å². The summed E-state index contributed by atoms with van der Waals surface area (Å²) in [5.41, 5.74) is 2.52. The number of rotatable bonds is 5. The van der Waals surface area contributed by atoms with Crippen LogP contribution in [-0.2, 0) is 6.54 Å². The second kappa shape index (κ2) is 6.44. The van der Waals surface area contributed by atoms with Crippen molar-refractivity contribution in [2.75, 3.05) is 6.61 Å². The van der Waals surface area contributed by atoms with Crippen LogP contribution in [0.4, 0.5) is 0 Å². The second-order valence-electron chi connectivity index (χ2n) is 5.00. The van der Waals surface area contributed by atoms with Crippen molar-refractivity contribution in [3.63, 3.8) is 0 Å². The fraction of sp³-hybridized carbons (Fsp3) is 0.600. The molecule has 2 nitrogen and oxygen atoms in total. The monoisotopic (exact) mass is 267 g/mol. The zero-order valence-electron chi connectivity index (χ0n) is 11.3. The summed E-state index contributed by atoms with van der Waals surface area (Å²) in [4.78, 5) is 0. The minimum atomic E-state index is 0.652. The number of ether oxygens (including phenoxy) is 1. The van der Waals surface area contributed by atoms with Gasteiger partial charge in [-0.2, -0.15) is 0 Å².